The maximum atomic E-state index is 13.9. The van der Waals surface area contributed by atoms with Crippen LogP contribution in [0.15, 0.2) is 18.2 Å². The van der Waals surface area contributed by atoms with E-state index in [4.69, 9.17) is 5.73 Å². The van der Waals surface area contributed by atoms with E-state index in [-0.39, 0.29) is 24.4 Å². The van der Waals surface area contributed by atoms with Gasteiger partial charge in [0.2, 0.25) is 0 Å². The van der Waals surface area contributed by atoms with E-state index in [1.54, 1.807) is 12.1 Å². The van der Waals surface area contributed by atoms with E-state index >= 15 is 0 Å². The number of carbonyl (C=O) groups is 1. The van der Waals surface area contributed by atoms with Gasteiger partial charge in [-0.05, 0) is 25.5 Å². The molecule has 0 saturated carbocycles. The molecule has 0 amide bonds. The van der Waals surface area contributed by atoms with Gasteiger partial charge in [-0.3, -0.25) is 9.69 Å². The Morgan fingerprint density at radius 1 is 1.47 bits per heavy atom. The molecule has 0 aliphatic carbocycles. The van der Waals surface area contributed by atoms with Crippen LogP contribution in [0.1, 0.15) is 25.0 Å². The zero-order valence-corrected chi connectivity index (χ0v) is 11.6. The summed E-state index contributed by atoms with van der Waals surface area (Å²) in [6.45, 7) is 4.73. The van der Waals surface area contributed by atoms with Crippen LogP contribution in [0.4, 0.5) is 4.39 Å². The first kappa shape index (κ1) is 15.6. The van der Waals surface area contributed by atoms with Gasteiger partial charge < -0.3 is 10.5 Å². The van der Waals surface area contributed by atoms with Gasteiger partial charge in [0, 0.05) is 24.7 Å². The predicted molar refractivity (Wildman–Crippen MR) is 71.9 cm³/mol. The van der Waals surface area contributed by atoms with Gasteiger partial charge in [0.1, 0.15) is 5.82 Å². The molecule has 4 nitrogen and oxygen atoms in total. The highest BCUT2D eigenvalue weighted by Gasteiger charge is 2.16. The Bertz CT molecular complexity index is 435. The topological polar surface area (TPSA) is 55.6 Å². The zero-order valence-electron chi connectivity index (χ0n) is 11.6. The lowest BCUT2D eigenvalue weighted by Gasteiger charge is -2.25. The van der Waals surface area contributed by atoms with Gasteiger partial charge in [0.15, 0.2) is 0 Å². The van der Waals surface area contributed by atoms with Crippen LogP contribution < -0.4 is 5.73 Å². The summed E-state index contributed by atoms with van der Waals surface area (Å²) in [6, 6.07) is 5.07. The molecule has 0 aliphatic rings. The molecule has 1 aromatic carbocycles. The van der Waals surface area contributed by atoms with E-state index in [0.29, 0.717) is 18.7 Å². The Morgan fingerprint density at radius 3 is 2.63 bits per heavy atom. The number of halogens is 1. The number of esters is 1. The standard InChI is InChI=1S/C14H21FN2O2/c1-10(2)17(9-14(18)19-3)8-12-5-4-11(7-16)6-13(12)15/h4-6,10H,7-9,16H2,1-3H3. The lowest BCUT2D eigenvalue weighted by atomic mass is 10.1. The number of nitrogens with two attached hydrogens (primary N) is 1. The second kappa shape index (κ2) is 7.21. The Kier molecular flexibility index (Phi) is 5.92. The second-order valence-electron chi connectivity index (χ2n) is 4.70. The molecule has 0 bridgehead atoms. The minimum absolute atomic E-state index is 0.118. The Hall–Kier alpha value is -1.46. The Morgan fingerprint density at radius 2 is 2.16 bits per heavy atom. The summed E-state index contributed by atoms with van der Waals surface area (Å²) >= 11 is 0. The van der Waals surface area contributed by atoms with Crippen molar-refractivity contribution in [2.24, 2.45) is 5.73 Å². The molecule has 0 fully saturated rings. The van der Waals surface area contributed by atoms with Crippen molar-refractivity contribution in [3.63, 3.8) is 0 Å². The molecule has 0 unspecified atom stereocenters. The summed E-state index contributed by atoms with van der Waals surface area (Å²) < 4.78 is 18.5. The lowest BCUT2D eigenvalue weighted by Crippen LogP contribution is -2.35. The number of rotatable bonds is 6. The van der Waals surface area contributed by atoms with Crippen molar-refractivity contribution in [1.29, 1.82) is 0 Å². The monoisotopic (exact) mass is 268 g/mol. The van der Waals surface area contributed by atoms with Crippen molar-refractivity contribution in [1.82, 2.24) is 4.90 Å². The highest BCUT2D eigenvalue weighted by Crippen LogP contribution is 2.14. The van der Waals surface area contributed by atoms with Crippen LogP contribution in [0.3, 0.4) is 0 Å². The molecule has 0 radical (unpaired) electrons. The van der Waals surface area contributed by atoms with Crippen molar-refractivity contribution >= 4 is 5.97 Å². The maximum Gasteiger partial charge on any atom is 0.319 e. The molecule has 106 valence electrons. The van der Waals surface area contributed by atoms with Gasteiger partial charge >= 0.3 is 5.97 Å². The van der Waals surface area contributed by atoms with E-state index in [9.17, 15) is 9.18 Å². The molecule has 1 rings (SSSR count). The molecule has 2 N–H and O–H groups in total. The van der Waals surface area contributed by atoms with Gasteiger partial charge in [0.05, 0.1) is 13.7 Å². The number of carbonyl (C=O) groups excluding carboxylic acids is 1. The molecule has 0 aromatic heterocycles. The van der Waals surface area contributed by atoms with Gasteiger partial charge in [-0.2, -0.15) is 0 Å². The minimum atomic E-state index is -0.326. The largest absolute Gasteiger partial charge is 0.468 e. The van der Waals surface area contributed by atoms with Crippen LogP contribution in [-0.4, -0.2) is 30.6 Å². The minimum Gasteiger partial charge on any atom is -0.468 e. The Balaban J connectivity index is 2.81. The average Bonchev–Trinajstić information content (AvgIpc) is 2.39. The van der Waals surface area contributed by atoms with E-state index in [1.807, 2.05) is 18.7 Å². The second-order valence-corrected chi connectivity index (χ2v) is 4.70. The highest BCUT2D eigenvalue weighted by molar-refractivity contribution is 5.71. The third kappa shape index (κ3) is 4.61. The van der Waals surface area contributed by atoms with Gasteiger partial charge in [-0.1, -0.05) is 12.1 Å². The first-order valence-electron chi connectivity index (χ1n) is 6.26. The number of ether oxygens (including phenoxy) is 1. The van der Waals surface area contributed by atoms with E-state index in [2.05, 4.69) is 4.74 Å². The molecule has 0 saturated heterocycles. The molecule has 5 heteroatoms. The summed E-state index contributed by atoms with van der Waals surface area (Å²) in [4.78, 5) is 13.2. The van der Waals surface area contributed by atoms with Crippen molar-refractivity contribution in [3.05, 3.63) is 35.1 Å². The number of hydrogen-bond acceptors (Lipinski definition) is 4. The van der Waals surface area contributed by atoms with Gasteiger partial charge in [-0.25, -0.2) is 4.39 Å². The summed E-state index contributed by atoms with van der Waals surface area (Å²) in [5, 5.41) is 0. The average molecular weight is 268 g/mol. The quantitative estimate of drug-likeness (QED) is 0.797. The predicted octanol–water partition coefficient (Wildman–Crippen LogP) is 1.67. The molecule has 0 atom stereocenters. The van der Waals surface area contributed by atoms with Crippen molar-refractivity contribution in [2.75, 3.05) is 13.7 Å². The van der Waals surface area contributed by atoms with Crippen molar-refractivity contribution in [2.45, 2.75) is 33.0 Å². The molecule has 19 heavy (non-hydrogen) atoms. The van der Waals surface area contributed by atoms with Crippen LogP contribution in [0, 0.1) is 5.82 Å². The molecular formula is C14H21FN2O2. The summed E-state index contributed by atoms with van der Waals surface area (Å²) in [5.41, 5.74) is 6.77. The molecule has 0 aliphatic heterocycles. The third-order valence-corrected chi connectivity index (χ3v) is 3.02. The molecular weight excluding hydrogens is 247 g/mol. The number of methoxy groups -OCH3 is 1. The fourth-order valence-corrected chi connectivity index (χ4v) is 1.72. The van der Waals surface area contributed by atoms with Crippen LogP contribution in [0.5, 0.6) is 0 Å². The third-order valence-electron chi connectivity index (χ3n) is 3.02. The summed E-state index contributed by atoms with van der Waals surface area (Å²) in [6.07, 6.45) is 0. The van der Waals surface area contributed by atoms with Crippen LogP contribution in [0.2, 0.25) is 0 Å². The zero-order chi connectivity index (χ0) is 14.4. The smallest absolute Gasteiger partial charge is 0.319 e. The lowest BCUT2D eigenvalue weighted by molar-refractivity contribution is -0.142. The first-order valence-corrected chi connectivity index (χ1v) is 6.26. The molecule has 0 spiro atoms. The van der Waals surface area contributed by atoms with Gasteiger partial charge in [-0.15, -0.1) is 0 Å². The summed E-state index contributed by atoms with van der Waals surface area (Å²) in [5.74, 6) is -0.619. The van der Waals surface area contributed by atoms with Crippen LogP contribution >= 0.6 is 0 Å². The SMILES string of the molecule is COC(=O)CN(Cc1ccc(CN)cc1F)C(C)C. The first-order chi connectivity index (χ1) is 8.97. The van der Waals surface area contributed by atoms with E-state index in [1.165, 1.54) is 13.2 Å². The summed E-state index contributed by atoms with van der Waals surface area (Å²) in [7, 11) is 1.34. The van der Waals surface area contributed by atoms with Crippen molar-refractivity contribution in [3.8, 4) is 0 Å². The Labute approximate surface area is 113 Å². The van der Waals surface area contributed by atoms with Gasteiger partial charge in [0.25, 0.3) is 0 Å². The van der Waals surface area contributed by atoms with Crippen molar-refractivity contribution < 1.29 is 13.9 Å². The maximum absolute atomic E-state index is 13.9. The molecule has 1 aromatic rings. The highest BCUT2D eigenvalue weighted by atomic mass is 19.1. The van der Waals surface area contributed by atoms with Crippen LogP contribution in [-0.2, 0) is 22.6 Å². The molecule has 0 heterocycles. The fraction of sp³-hybridized carbons (Fsp3) is 0.500. The fourth-order valence-electron chi connectivity index (χ4n) is 1.72. The van der Waals surface area contributed by atoms with E-state index < -0.39 is 0 Å². The van der Waals surface area contributed by atoms with Crippen LogP contribution in [0.25, 0.3) is 0 Å². The van der Waals surface area contributed by atoms with E-state index in [0.717, 1.165) is 5.56 Å². The number of benzene rings is 1. The normalized spacial score (nSPS) is 11.1. The number of nitrogens with zero attached hydrogens (tertiary/aromatic N) is 1. The number of hydrogen-bond donors (Lipinski definition) is 1.